The van der Waals surface area contributed by atoms with Crippen LogP contribution in [0.25, 0.3) is 10.2 Å². The fraction of sp³-hybridized carbons (Fsp3) is 0.350. The van der Waals surface area contributed by atoms with Gasteiger partial charge in [-0.05, 0) is 34.4 Å². The Morgan fingerprint density at radius 2 is 1.81 bits per heavy atom. The van der Waals surface area contributed by atoms with E-state index in [2.05, 4.69) is 38.0 Å². The van der Waals surface area contributed by atoms with Gasteiger partial charge in [-0.25, -0.2) is 4.98 Å². The third-order valence-corrected chi connectivity index (χ3v) is 5.28. The van der Waals surface area contributed by atoms with Crippen molar-refractivity contribution < 1.29 is 4.79 Å². The van der Waals surface area contributed by atoms with E-state index in [9.17, 15) is 9.59 Å². The molecule has 26 heavy (non-hydrogen) atoms. The van der Waals surface area contributed by atoms with Crippen molar-refractivity contribution in [3.63, 3.8) is 0 Å². The number of hydrogen-bond acceptors (Lipinski definition) is 4. The molecule has 2 aromatic heterocycles. The minimum absolute atomic E-state index is 0.0519. The van der Waals surface area contributed by atoms with E-state index in [4.69, 9.17) is 0 Å². The Hall–Kier alpha value is -2.47. The number of carbonyl (C=O) groups excluding carboxylic acids is 1. The lowest BCUT2D eigenvalue weighted by Crippen LogP contribution is -2.28. The van der Waals surface area contributed by atoms with E-state index in [1.54, 1.807) is 6.07 Å². The fourth-order valence-corrected chi connectivity index (χ4v) is 3.81. The van der Waals surface area contributed by atoms with Crippen LogP contribution in [-0.4, -0.2) is 15.5 Å². The second-order valence-corrected chi connectivity index (χ2v) is 7.90. The van der Waals surface area contributed by atoms with Crippen molar-refractivity contribution in [3.05, 3.63) is 57.5 Å². The molecule has 0 aliphatic carbocycles. The lowest BCUT2D eigenvalue weighted by atomic mass is 9.92. The number of thiophene rings is 1. The molecule has 0 fully saturated rings. The van der Waals surface area contributed by atoms with Gasteiger partial charge < -0.3 is 5.32 Å². The van der Waals surface area contributed by atoms with E-state index >= 15 is 0 Å². The number of benzene rings is 1. The molecule has 1 N–H and O–H groups in total. The molecule has 3 rings (SSSR count). The van der Waals surface area contributed by atoms with Crippen molar-refractivity contribution in [3.8, 4) is 0 Å². The van der Waals surface area contributed by atoms with Gasteiger partial charge >= 0.3 is 0 Å². The Balaban J connectivity index is 1.90. The number of hydrogen-bond donors (Lipinski definition) is 1. The molecule has 0 radical (unpaired) electrons. The van der Waals surface area contributed by atoms with Crippen molar-refractivity contribution in [2.75, 3.05) is 5.32 Å². The Labute approximate surface area is 156 Å². The smallest absolute Gasteiger partial charge is 0.271 e. The van der Waals surface area contributed by atoms with Gasteiger partial charge in [0.2, 0.25) is 5.91 Å². The normalized spacial score (nSPS) is 11.5. The maximum absolute atomic E-state index is 12.7. The molecular formula is C20H23N3O2S. The molecular weight excluding hydrogens is 346 g/mol. The molecule has 0 bridgehead atoms. The predicted octanol–water partition coefficient (Wildman–Crippen LogP) is 4.34. The van der Waals surface area contributed by atoms with Crippen molar-refractivity contribution in [1.29, 1.82) is 0 Å². The van der Waals surface area contributed by atoms with Gasteiger partial charge in [-0.1, -0.05) is 45.9 Å². The zero-order chi connectivity index (χ0) is 18.8. The minimum Gasteiger partial charge on any atom is -0.324 e. The average Bonchev–Trinajstić information content (AvgIpc) is 3.06. The SMILES string of the molecule is CC(C)c1cccc(C(C)C)c1NC(=O)Cn1cnc2ccsc2c1=O. The minimum atomic E-state index is -0.222. The third kappa shape index (κ3) is 3.55. The van der Waals surface area contributed by atoms with Crippen molar-refractivity contribution >= 4 is 33.1 Å². The second-order valence-electron chi connectivity index (χ2n) is 6.98. The summed E-state index contributed by atoms with van der Waals surface area (Å²) in [6.45, 7) is 8.37. The van der Waals surface area contributed by atoms with Crippen LogP contribution in [0.15, 0.2) is 40.8 Å². The number of para-hydroxylation sites is 1. The number of aromatic nitrogens is 2. The molecule has 136 valence electrons. The fourth-order valence-electron chi connectivity index (χ4n) is 3.02. The zero-order valence-electron chi connectivity index (χ0n) is 15.4. The van der Waals surface area contributed by atoms with Crippen LogP contribution in [-0.2, 0) is 11.3 Å². The second kappa shape index (κ2) is 7.41. The van der Waals surface area contributed by atoms with Gasteiger partial charge in [0.1, 0.15) is 11.2 Å². The summed E-state index contributed by atoms with van der Waals surface area (Å²) in [5.41, 5.74) is 3.55. The number of carbonyl (C=O) groups is 1. The molecule has 1 aromatic carbocycles. The van der Waals surface area contributed by atoms with Gasteiger partial charge in [0.15, 0.2) is 0 Å². The molecule has 1 amide bonds. The first-order chi connectivity index (χ1) is 12.4. The van der Waals surface area contributed by atoms with Crippen molar-refractivity contribution in [2.45, 2.75) is 46.1 Å². The summed E-state index contributed by atoms with van der Waals surface area (Å²) in [6, 6.07) is 7.91. The molecule has 0 aliphatic rings. The highest BCUT2D eigenvalue weighted by molar-refractivity contribution is 7.17. The largest absolute Gasteiger partial charge is 0.324 e. The Bertz CT molecular complexity index is 975. The quantitative estimate of drug-likeness (QED) is 0.727. The van der Waals surface area contributed by atoms with E-state index in [0.717, 1.165) is 16.8 Å². The van der Waals surface area contributed by atoms with Crippen LogP contribution in [0.5, 0.6) is 0 Å². The van der Waals surface area contributed by atoms with Crippen molar-refractivity contribution in [2.24, 2.45) is 0 Å². The molecule has 3 aromatic rings. The Kier molecular flexibility index (Phi) is 5.23. The summed E-state index contributed by atoms with van der Waals surface area (Å²) in [7, 11) is 0. The first kappa shape index (κ1) is 18.3. The van der Waals surface area contributed by atoms with Gasteiger partial charge in [0.05, 0.1) is 11.8 Å². The average molecular weight is 369 g/mol. The van der Waals surface area contributed by atoms with Gasteiger partial charge in [-0.3, -0.25) is 14.2 Å². The molecule has 0 saturated heterocycles. The van der Waals surface area contributed by atoms with Crippen LogP contribution in [0, 0.1) is 0 Å². The number of nitrogens with one attached hydrogen (secondary N) is 1. The molecule has 2 heterocycles. The molecule has 0 saturated carbocycles. The van der Waals surface area contributed by atoms with Crippen LogP contribution in [0.3, 0.4) is 0 Å². The highest BCUT2D eigenvalue weighted by atomic mass is 32.1. The van der Waals surface area contributed by atoms with Crippen LogP contribution in [0.2, 0.25) is 0 Å². The van der Waals surface area contributed by atoms with E-state index in [0.29, 0.717) is 10.2 Å². The number of fused-ring (bicyclic) bond motifs is 1. The summed E-state index contributed by atoms with van der Waals surface area (Å²) < 4.78 is 1.94. The summed E-state index contributed by atoms with van der Waals surface area (Å²) in [6.07, 6.45) is 1.44. The first-order valence-corrected chi connectivity index (χ1v) is 9.61. The van der Waals surface area contributed by atoms with Crippen LogP contribution >= 0.6 is 11.3 Å². The molecule has 0 unspecified atom stereocenters. The van der Waals surface area contributed by atoms with Crippen LogP contribution < -0.4 is 10.9 Å². The lowest BCUT2D eigenvalue weighted by molar-refractivity contribution is -0.116. The molecule has 0 aliphatic heterocycles. The maximum Gasteiger partial charge on any atom is 0.271 e. The lowest BCUT2D eigenvalue weighted by Gasteiger charge is -2.20. The first-order valence-electron chi connectivity index (χ1n) is 8.73. The highest BCUT2D eigenvalue weighted by Crippen LogP contribution is 2.32. The summed E-state index contributed by atoms with van der Waals surface area (Å²) in [5.74, 6) is 0.353. The molecule has 0 atom stereocenters. The predicted molar refractivity (Wildman–Crippen MR) is 107 cm³/mol. The number of nitrogens with zero attached hydrogens (tertiary/aromatic N) is 2. The standard InChI is InChI=1S/C20H23N3O2S/c1-12(2)14-6-5-7-15(13(3)4)18(14)22-17(24)10-23-11-21-16-8-9-26-19(16)20(23)25/h5-9,11-13H,10H2,1-4H3,(H,22,24). The van der Waals surface area contributed by atoms with E-state index in [1.807, 2.05) is 23.6 Å². The summed E-state index contributed by atoms with van der Waals surface area (Å²) >= 11 is 1.34. The van der Waals surface area contributed by atoms with E-state index < -0.39 is 0 Å². The van der Waals surface area contributed by atoms with Gasteiger partial charge in [0, 0.05) is 5.69 Å². The Morgan fingerprint density at radius 1 is 1.15 bits per heavy atom. The van der Waals surface area contributed by atoms with E-state index in [1.165, 1.54) is 22.2 Å². The topological polar surface area (TPSA) is 64.0 Å². The monoisotopic (exact) mass is 369 g/mol. The van der Waals surface area contributed by atoms with Gasteiger partial charge in [0.25, 0.3) is 5.56 Å². The molecule has 0 spiro atoms. The number of anilines is 1. The zero-order valence-corrected chi connectivity index (χ0v) is 16.3. The van der Waals surface area contributed by atoms with Gasteiger partial charge in [-0.15, -0.1) is 11.3 Å². The summed E-state index contributed by atoms with van der Waals surface area (Å²) in [4.78, 5) is 29.4. The maximum atomic E-state index is 12.7. The van der Waals surface area contributed by atoms with E-state index in [-0.39, 0.29) is 29.8 Å². The molecule has 6 heteroatoms. The summed E-state index contributed by atoms with van der Waals surface area (Å²) in [5, 5.41) is 4.87. The third-order valence-electron chi connectivity index (χ3n) is 4.39. The molecule has 5 nitrogen and oxygen atoms in total. The number of amides is 1. The van der Waals surface area contributed by atoms with Crippen LogP contribution in [0.4, 0.5) is 5.69 Å². The van der Waals surface area contributed by atoms with Crippen LogP contribution in [0.1, 0.15) is 50.7 Å². The van der Waals surface area contributed by atoms with Gasteiger partial charge in [-0.2, -0.15) is 0 Å². The number of rotatable bonds is 5. The van der Waals surface area contributed by atoms with Crippen molar-refractivity contribution in [1.82, 2.24) is 9.55 Å². The Morgan fingerprint density at radius 3 is 2.42 bits per heavy atom. The highest BCUT2D eigenvalue weighted by Gasteiger charge is 2.17.